The zero-order chi connectivity index (χ0) is 14.8. The number of hydrogen-bond donors (Lipinski definition) is 4. The van der Waals surface area contributed by atoms with Crippen molar-refractivity contribution in [3.05, 3.63) is 0 Å². The molecule has 0 amide bonds. The van der Waals surface area contributed by atoms with Crippen molar-refractivity contribution in [2.45, 2.75) is 51.1 Å². The molecule has 0 aliphatic rings. The Bertz CT molecular complexity index is 326. The van der Waals surface area contributed by atoms with Crippen molar-refractivity contribution in [3.8, 4) is 0 Å². The fraction of sp³-hybridized carbons (Fsp3) is 0.750. The Kier molecular flexibility index (Phi) is 8.73. The van der Waals surface area contributed by atoms with Crippen molar-refractivity contribution in [2.24, 2.45) is 27.9 Å². The number of carbonyl (C=O) groups excluding carboxylic acids is 2. The second-order valence-electron chi connectivity index (χ2n) is 4.53. The predicted molar refractivity (Wildman–Crippen MR) is 75.4 cm³/mol. The molecule has 8 N–H and O–H groups in total. The maximum atomic E-state index is 11.7. The zero-order valence-electron chi connectivity index (χ0n) is 11.5. The van der Waals surface area contributed by atoms with Crippen molar-refractivity contribution < 1.29 is 9.59 Å². The summed E-state index contributed by atoms with van der Waals surface area (Å²) >= 11 is 0. The van der Waals surface area contributed by atoms with E-state index in [9.17, 15) is 9.59 Å². The van der Waals surface area contributed by atoms with Gasteiger partial charge >= 0.3 is 0 Å². The van der Waals surface area contributed by atoms with Crippen LogP contribution in [0.15, 0.2) is 4.99 Å². The number of carbonyl (C=O) groups is 2. The maximum absolute atomic E-state index is 11.7. The van der Waals surface area contributed by atoms with Gasteiger partial charge in [0.25, 0.3) is 0 Å². The lowest BCUT2D eigenvalue weighted by Gasteiger charge is -2.13. The first-order chi connectivity index (χ1) is 8.90. The van der Waals surface area contributed by atoms with E-state index in [0.29, 0.717) is 25.8 Å². The fourth-order valence-corrected chi connectivity index (χ4v) is 1.57. The number of rotatable bonds is 10. The molecule has 2 atom stereocenters. The van der Waals surface area contributed by atoms with Gasteiger partial charge in [-0.2, -0.15) is 0 Å². The highest BCUT2D eigenvalue weighted by Crippen LogP contribution is 2.03. The van der Waals surface area contributed by atoms with Crippen LogP contribution in [-0.4, -0.2) is 36.2 Å². The van der Waals surface area contributed by atoms with Gasteiger partial charge in [-0.3, -0.25) is 14.6 Å². The molecule has 19 heavy (non-hydrogen) atoms. The molecule has 0 aromatic rings. The summed E-state index contributed by atoms with van der Waals surface area (Å²) in [5, 5.41) is 0. The molecule has 0 rings (SSSR count). The zero-order valence-corrected chi connectivity index (χ0v) is 11.5. The first-order valence-electron chi connectivity index (χ1n) is 6.54. The van der Waals surface area contributed by atoms with E-state index in [4.69, 9.17) is 22.9 Å². The minimum absolute atomic E-state index is 0.00226. The third-order valence-corrected chi connectivity index (χ3v) is 2.75. The summed E-state index contributed by atoms with van der Waals surface area (Å²) in [6.07, 6.45) is 3.17. The third-order valence-electron chi connectivity index (χ3n) is 2.75. The molecule has 0 heterocycles. The molecular formula is C12H25N5O2. The maximum Gasteiger partial charge on any atom is 0.216 e. The molecule has 0 aromatic heterocycles. The van der Waals surface area contributed by atoms with E-state index >= 15 is 0 Å². The van der Waals surface area contributed by atoms with Crippen LogP contribution in [0.1, 0.15) is 39.0 Å². The second-order valence-corrected chi connectivity index (χ2v) is 4.53. The Morgan fingerprint density at radius 2 is 1.47 bits per heavy atom. The van der Waals surface area contributed by atoms with Crippen molar-refractivity contribution in [2.75, 3.05) is 6.54 Å². The number of unbranched alkanes of at least 4 members (excludes halogenated alkanes) is 1. The molecular weight excluding hydrogens is 246 g/mol. The molecule has 0 aliphatic carbocycles. The molecule has 0 unspecified atom stereocenters. The Hall–Kier alpha value is -1.47. The summed E-state index contributed by atoms with van der Waals surface area (Å²) in [7, 11) is 0. The van der Waals surface area contributed by atoms with E-state index in [1.165, 1.54) is 0 Å². The summed E-state index contributed by atoms with van der Waals surface area (Å²) in [6, 6.07) is -1.56. The van der Waals surface area contributed by atoms with Crippen molar-refractivity contribution >= 4 is 17.5 Å². The largest absolute Gasteiger partial charge is 0.370 e. The molecule has 0 bridgehead atoms. The Labute approximate surface area is 113 Å². The van der Waals surface area contributed by atoms with Crippen LogP contribution in [0.25, 0.3) is 0 Å². The Morgan fingerprint density at radius 3 is 1.89 bits per heavy atom. The molecule has 0 saturated heterocycles. The van der Waals surface area contributed by atoms with Gasteiger partial charge < -0.3 is 22.9 Å². The number of Topliss-reactive ketones (excluding diaryl/α,β-unsaturated/α-hetero) is 2. The molecule has 0 aromatic carbocycles. The first-order valence-corrected chi connectivity index (χ1v) is 6.54. The summed E-state index contributed by atoms with van der Waals surface area (Å²) in [5.41, 5.74) is 21.6. The van der Waals surface area contributed by atoms with Crippen molar-refractivity contribution in [1.29, 1.82) is 0 Å². The topological polar surface area (TPSA) is 151 Å². The van der Waals surface area contributed by atoms with Gasteiger partial charge in [0.2, 0.25) is 11.6 Å². The second kappa shape index (κ2) is 9.46. The van der Waals surface area contributed by atoms with Gasteiger partial charge in [-0.25, -0.2) is 0 Å². The van der Waals surface area contributed by atoms with E-state index in [0.717, 1.165) is 12.8 Å². The predicted octanol–water partition coefficient (Wildman–Crippen LogP) is -0.977. The molecule has 0 spiro atoms. The molecule has 7 heteroatoms. The lowest BCUT2D eigenvalue weighted by molar-refractivity contribution is -0.138. The number of nitrogens with two attached hydrogens (primary N) is 4. The van der Waals surface area contributed by atoms with Crippen LogP contribution in [0.5, 0.6) is 0 Å². The van der Waals surface area contributed by atoms with Crippen molar-refractivity contribution in [3.63, 3.8) is 0 Å². The monoisotopic (exact) mass is 271 g/mol. The Morgan fingerprint density at radius 1 is 1.00 bits per heavy atom. The highest BCUT2D eigenvalue weighted by molar-refractivity contribution is 6.40. The van der Waals surface area contributed by atoms with Gasteiger partial charge in [-0.05, 0) is 19.3 Å². The van der Waals surface area contributed by atoms with Gasteiger partial charge in [0, 0.05) is 6.54 Å². The van der Waals surface area contributed by atoms with Crippen LogP contribution in [0, 0.1) is 0 Å². The number of hydrogen-bond acceptors (Lipinski definition) is 5. The normalized spacial score (nSPS) is 13.6. The Balaban J connectivity index is 4.10. The van der Waals surface area contributed by atoms with Gasteiger partial charge in [-0.1, -0.05) is 19.8 Å². The molecule has 0 saturated carbocycles. The fourth-order valence-electron chi connectivity index (χ4n) is 1.57. The van der Waals surface area contributed by atoms with E-state index < -0.39 is 23.7 Å². The minimum atomic E-state index is -0.825. The molecule has 110 valence electrons. The van der Waals surface area contributed by atoms with Crippen LogP contribution in [0.2, 0.25) is 0 Å². The first kappa shape index (κ1) is 17.5. The number of ketones is 2. The van der Waals surface area contributed by atoms with Crippen molar-refractivity contribution in [1.82, 2.24) is 0 Å². The van der Waals surface area contributed by atoms with Crippen LogP contribution in [-0.2, 0) is 9.59 Å². The highest BCUT2D eigenvalue weighted by atomic mass is 16.2. The average molecular weight is 271 g/mol. The average Bonchev–Trinajstić information content (AvgIpc) is 2.38. The number of guanidine groups is 1. The highest BCUT2D eigenvalue weighted by Gasteiger charge is 2.26. The minimum Gasteiger partial charge on any atom is -0.370 e. The van der Waals surface area contributed by atoms with E-state index in [2.05, 4.69) is 4.99 Å². The third kappa shape index (κ3) is 7.53. The lowest BCUT2D eigenvalue weighted by Crippen LogP contribution is -2.44. The molecule has 0 aliphatic heterocycles. The van der Waals surface area contributed by atoms with Gasteiger partial charge in [0.05, 0.1) is 12.1 Å². The van der Waals surface area contributed by atoms with Crippen LogP contribution in [0.3, 0.4) is 0 Å². The molecule has 0 radical (unpaired) electrons. The number of aliphatic imine (C=N–C) groups is 1. The van der Waals surface area contributed by atoms with Crippen LogP contribution >= 0.6 is 0 Å². The van der Waals surface area contributed by atoms with Gasteiger partial charge in [0.15, 0.2) is 5.96 Å². The summed E-state index contributed by atoms with van der Waals surface area (Å²) in [5.74, 6) is -1.19. The SMILES string of the molecule is CCCC[C@H](N)C(=O)C(=O)[C@@H](N)CCCN=C(N)N. The quantitative estimate of drug-likeness (QED) is 0.173. The van der Waals surface area contributed by atoms with Gasteiger partial charge in [0.1, 0.15) is 0 Å². The van der Waals surface area contributed by atoms with Crippen LogP contribution < -0.4 is 22.9 Å². The summed E-state index contributed by atoms with van der Waals surface area (Å²) < 4.78 is 0. The molecule has 7 nitrogen and oxygen atoms in total. The summed E-state index contributed by atoms with van der Waals surface area (Å²) in [6.45, 7) is 2.38. The lowest BCUT2D eigenvalue weighted by atomic mass is 9.97. The summed E-state index contributed by atoms with van der Waals surface area (Å²) in [4.78, 5) is 27.2. The van der Waals surface area contributed by atoms with E-state index in [-0.39, 0.29) is 5.96 Å². The molecule has 0 fully saturated rings. The smallest absolute Gasteiger partial charge is 0.216 e. The number of nitrogens with zero attached hydrogens (tertiary/aromatic N) is 1. The van der Waals surface area contributed by atoms with E-state index in [1.807, 2.05) is 6.92 Å². The van der Waals surface area contributed by atoms with Crippen LogP contribution in [0.4, 0.5) is 0 Å². The van der Waals surface area contributed by atoms with Gasteiger partial charge in [-0.15, -0.1) is 0 Å². The van der Waals surface area contributed by atoms with E-state index in [1.54, 1.807) is 0 Å². The standard InChI is InChI=1S/C12H25N5O2/c1-2-3-5-8(13)10(18)11(19)9(14)6-4-7-17-12(15)16/h8-9H,2-7,13-14H2,1H3,(H4,15,16,17)/t8-,9-/m0/s1.